The predicted molar refractivity (Wildman–Crippen MR) is 43.9 cm³/mol. The van der Waals surface area contributed by atoms with Gasteiger partial charge in [-0.3, -0.25) is 0 Å². The molecule has 1 fully saturated rings. The number of rotatable bonds is 0. The summed E-state index contributed by atoms with van der Waals surface area (Å²) in [7, 11) is 2.18. The van der Waals surface area contributed by atoms with Crippen LogP contribution in [0.25, 0.3) is 0 Å². The SMILES string of the molecule is CN1CCCCC(N)CC1. The Hall–Kier alpha value is -0.0800. The zero-order valence-electron chi connectivity index (χ0n) is 6.84. The number of nitrogens with two attached hydrogens (primary N) is 1. The van der Waals surface area contributed by atoms with E-state index in [0.717, 1.165) is 0 Å². The fourth-order valence-corrected chi connectivity index (χ4v) is 1.43. The van der Waals surface area contributed by atoms with Crippen LogP contribution in [0.15, 0.2) is 0 Å². The van der Waals surface area contributed by atoms with Gasteiger partial charge in [-0.05, 0) is 39.4 Å². The Morgan fingerprint density at radius 3 is 2.80 bits per heavy atom. The third-order valence-corrected chi connectivity index (χ3v) is 2.25. The molecule has 1 saturated heterocycles. The van der Waals surface area contributed by atoms with Crippen LogP contribution in [0.5, 0.6) is 0 Å². The Morgan fingerprint density at radius 2 is 2.00 bits per heavy atom. The molecule has 0 amide bonds. The van der Waals surface area contributed by atoms with Gasteiger partial charge in [0, 0.05) is 6.04 Å². The van der Waals surface area contributed by atoms with E-state index in [1.165, 1.54) is 38.8 Å². The van der Waals surface area contributed by atoms with Crippen LogP contribution >= 0.6 is 0 Å². The maximum atomic E-state index is 5.84. The lowest BCUT2D eigenvalue weighted by Gasteiger charge is -2.22. The Bertz CT molecular complexity index is 81.3. The van der Waals surface area contributed by atoms with Crippen molar-refractivity contribution in [2.75, 3.05) is 20.1 Å². The molecule has 1 aliphatic rings. The van der Waals surface area contributed by atoms with Crippen LogP contribution in [0.4, 0.5) is 0 Å². The smallest absolute Gasteiger partial charge is 0.00510 e. The van der Waals surface area contributed by atoms with E-state index in [1.54, 1.807) is 0 Å². The molecular weight excluding hydrogens is 124 g/mol. The van der Waals surface area contributed by atoms with E-state index >= 15 is 0 Å². The first kappa shape index (κ1) is 8.02. The molecule has 2 heteroatoms. The van der Waals surface area contributed by atoms with E-state index in [-0.39, 0.29) is 0 Å². The summed E-state index contributed by atoms with van der Waals surface area (Å²) in [6.07, 6.45) is 5.04. The van der Waals surface area contributed by atoms with Gasteiger partial charge in [0.15, 0.2) is 0 Å². The molecule has 2 nitrogen and oxygen atoms in total. The molecular formula is C8H18N2. The lowest BCUT2D eigenvalue weighted by molar-refractivity contribution is 0.284. The van der Waals surface area contributed by atoms with E-state index in [0.29, 0.717) is 6.04 Å². The van der Waals surface area contributed by atoms with Crippen LogP contribution in [0, 0.1) is 0 Å². The van der Waals surface area contributed by atoms with Crippen molar-refractivity contribution in [3.8, 4) is 0 Å². The third-order valence-electron chi connectivity index (χ3n) is 2.25. The second kappa shape index (κ2) is 3.94. The van der Waals surface area contributed by atoms with Gasteiger partial charge in [-0.25, -0.2) is 0 Å². The predicted octanol–water partition coefficient (Wildman–Crippen LogP) is 0.820. The summed E-state index contributed by atoms with van der Waals surface area (Å²) >= 11 is 0. The van der Waals surface area contributed by atoms with Gasteiger partial charge in [-0.15, -0.1) is 0 Å². The second-order valence-corrected chi connectivity index (χ2v) is 3.35. The van der Waals surface area contributed by atoms with E-state index in [4.69, 9.17) is 5.73 Å². The van der Waals surface area contributed by atoms with Crippen molar-refractivity contribution >= 4 is 0 Å². The van der Waals surface area contributed by atoms with Gasteiger partial charge in [0.25, 0.3) is 0 Å². The molecule has 2 N–H and O–H groups in total. The van der Waals surface area contributed by atoms with Gasteiger partial charge in [-0.1, -0.05) is 6.42 Å². The average Bonchev–Trinajstić information content (AvgIpc) is 1.90. The van der Waals surface area contributed by atoms with Crippen molar-refractivity contribution in [2.45, 2.75) is 31.7 Å². The molecule has 1 aliphatic heterocycles. The van der Waals surface area contributed by atoms with E-state index < -0.39 is 0 Å². The molecule has 0 radical (unpaired) electrons. The van der Waals surface area contributed by atoms with Crippen LogP contribution < -0.4 is 5.73 Å². The van der Waals surface area contributed by atoms with Crippen LogP contribution in [-0.2, 0) is 0 Å². The first-order valence-corrected chi connectivity index (χ1v) is 4.23. The highest BCUT2D eigenvalue weighted by Gasteiger charge is 2.08. The zero-order chi connectivity index (χ0) is 7.40. The first-order valence-electron chi connectivity index (χ1n) is 4.23. The molecule has 1 unspecified atom stereocenters. The highest BCUT2D eigenvalue weighted by molar-refractivity contribution is 4.67. The average molecular weight is 142 g/mol. The fourth-order valence-electron chi connectivity index (χ4n) is 1.43. The Morgan fingerprint density at radius 1 is 1.20 bits per heavy atom. The summed E-state index contributed by atoms with van der Waals surface area (Å²) in [6.45, 7) is 2.44. The van der Waals surface area contributed by atoms with Gasteiger partial charge < -0.3 is 10.6 Å². The molecule has 10 heavy (non-hydrogen) atoms. The number of likely N-dealkylation sites (tertiary alicyclic amines) is 1. The normalized spacial score (nSPS) is 31.2. The van der Waals surface area contributed by atoms with Gasteiger partial charge in [0.05, 0.1) is 0 Å². The maximum Gasteiger partial charge on any atom is 0.00510 e. The monoisotopic (exact) mass is 142 g/mol. The zero-order valence-corrected chi connectivity index (χ0v) is 6.84. The maximum absolute atomic E-state index is 5.84. The molecule has 1 rings (SSSR count). The highest BCUT2D eigenvalue weighted by Crippen LogP contribution is 2.07. The molecule has 0 aromatic heterocycles. The van der Waals surface area contributed by atoms with Crippen LogP contribution in [0.1, 0.15) is 25.7 Å². The Labute approximate surface area is 63.4 Å². The van der Waals surface area contributed by atoms with Crippen LogP contribution in [0.3, 0.4) is 0 Å². The van der Waals surface area contributed by atoms with Crippen molar-refractivity contribution < 1.29 is 0 Å². The van der Waals surface area contributed by atoms with Gasteiger partial charge in [-0.2, -0.15) is 0 Å². The minimum Gasteiger partial charge on any atom is -0.328 e. The van der Waals surface area contributed by atoms with Gasteiger partial charge >= 0.3 is 0 Å². The molecule has 0 bridgehead atoms. The third kappa shape index (κ3) is 2.67. The van der Waals surface area contributed by atoms with Crippen molar-refractivity contribution in [2.24, 2.45) is 5.73 Å². The summed E-state index contributed by atoms with van der Waals surface area (Å²) in [5, 5.41) is 0. The van der Waals surface area contributed by atoms with Crippen molar-refractivity contribution in [1.82, 2.24) is 4.90 Å². The minimum absolute atomic E-state index is 0.461. The lowest BCUT2D eigenvalue weighted by atomic mass is 10.0. The number of hydrogen-bond donors (Lipinski definition) is 1. The fraction of sp³-hybridized carbons (Fsp3) is 1.00. The molecule has 0 aliphatic carbocycles. The molecule has 0 saturated carbocycles. The van der Waals surface area contributed by atoms with Crippen LogP contribution in [0.2, 0.25) is 0 Å². The van der Waals surface area contributed by atoms with Crippen molar-refractivity contribution in [1.29, 1.82) is 0 Å². The van der Waals surface area contributed by atoms with Crippen LogP contribution in [-0.4, -0.2) is 31.1 Å². The highest BCUT2D eigenvalue weighted by atomic mass is 15.1. The quantitative estimate of drug-likeness (QED) is 0.542. The Kier molecular flexibility index (Phi) is 3.16. The molecule has 0 spiro atoms. The summed E-state index contributed by atoms with van der Waals surface area (Å²) in [6, 6.07) is 0.461. The minimum atomic E-state index is 0.461. The molecule has 0 aromatic rings. The van der Waals surface area contributed by atoms with Crippen molar-refractivity contribution in [3.63, 3.8) is 0 Å². The second-order valence-electron chi connectivity index (χ2n) is 3.35. The lowest BCUT2D eigenvalue weighted by Crippen LogP contribution is -2.31. The molecule has 60 valence electrons. The number of nitrogens with zero attached hydrogens (tertiary/aromatic N) is 1. The summed E-state index contributed by atoms with van der Waals surface area (Å²) in [5.41, 5.74) is 5.84. The van der Waals surface area contributed by atoms with Gasteiger partial charge in [0.2, 0.25) is 0 Å². The Balaban J connectivity index is 2.23. The first-order chi connectivity index (χ1) is 4.79. The summed E-state index contributed by atoms with van der Waals surface area (Å²) < 4.78 is 0. The standard InChI is InChI=1S/C8H18N2/c1-10-6-3-2-4-8(9)5-7-10/h8H,2-7,9H2,1H3. The van der Waals surface area contributed by atoms with E-state index in [9.17, 15) is 0 Å². The molecule has 1 heterocycles. The van der Waals surface area contributed by atoms with E-state index in [2.05, 4.69) is 11.9 Å². The number of hydrogen-bond acceptors (Lipinski definition) is 2. The van der Waals surface area contributed by atoms with E-state index in [1.807, 2.05) is 0 Å². The molecule has 1 atom stereocenters. The largest absolute Gasteiger partial charge is 0.328 e. The molecule has 0 aromatic carbocycles. The topological polar surface area (TPSA) is 29.3 Å². The van der Waals surface area contributed by atoms with Gasteiger partial charge in [0.1, 0.15) is 0 Å². The van der Waals surface area contributed by atoms with Crippen molar-refractivity contribution in [3.05, 3.63) is 0 Å². The summed E-state index contributed by atoms with van der Waals surface area (Å²) in [4.78, 5) is 2.37. The summed E-state index contributed by atoms with van der Waals surface area (Å²) in [5.74, 6) is 0.